The lowest BCUT2D eigenvalue weighted by atomic mass is 10.1. The Morgan fingerprint density at radius 1 is 1.20 bits per heavy atom. The summed E-state index contributed by atoms with van der Waals surface area (Å²) >= 11 is 0. The summed E-state index contributed by atoms with van der Waals surface area (Å²) in [5, 5.41) is 6.07. The minimum Gasteiger partial charge on any atom is -0.369 e. The first-order valence-electron chi connectivity index (χ1n) is 9.56. The number of rotatable bonds is 9. The molecule has 2 rings (SSSR count). The van der Waals surface area contributed by atoms with Crippen molar-refractivity contribution in [3.05, 3.63) is 29.8 Å². The third kappa shape index (κ3) is 6.67. The number of aryl methyl sites for hydroxylation is 1. The molecule has 2 N–H and O–H groups in total. The maximum absolute atomic E-state index is 11.8. The predicted molar refractivity (Wildman–Crippen MR) is 105 cm³/mol. The Morgan fingerprint density at radius 3 is 2.64 bits per heavy atom. The van der Waals surface area contributed by atoms with E-state index in [9.17, 15) is 4.79 Å². The summed E-state index contributed by atoms with van der Waals surface area (Å²) in [6.45, 7) is 11.2. The van der Waals surface area contributed by atoms with Crippen molar-refractivity contribution >= 4 is 11.6 Å². The summed E-state index contributed by atoms with van der Waals surface area (Å²) in [6, 6.07) is 8.77. The van der Waals surface area contributed by atoms with Crippen LogP contribution < -0.4 is 15.5 Å². The largest absolute Gasteiger partial charge is 0.369 e. The number of unbranched alkanes of at least 4 members (excludes halogenated alkanes) is 1. The molecule has 0 aromatic heterocycles. The van der Waals surface area contributed by atoms with E-state index in [1.54, 1.807) is 0 Å². The van der Waals surface area contributed by atoms with E-state index in [1.807, 2.05) is 14.0 Å². The lowest BCUT2D eigenvalue weighted by Gasteiger charge is -2.36. The van der Waals surface area contributed by atoms with Crippen molar-refractivity contribution in [2.24, 2.45) is 5.92 Å². The number of amides is 1. The number of nitrogens with one attached hydrogen (secondary N) is 2. The molecule has 1 atom stereocenters. The van der Waals surface area contributed by atoms with Crippen molar-refractivity contribution < 1.29 is 4.79 Å². The van der Waals surface area contributed by atoms with Crippen molar-refractivity contribution in [3.8, 4) is 0 Å². The molecule has 1 fully saturated rings. The fourth-order valence-corrected chi connectivity index (χ4v) is 3.30. The highest BCUT2D eigenvalue weighted by Gasteiger charge is 2.17. The van der Waals surface area contributed by atoms with Crippen LogP contribution in [0.1, 0.15) is 25.3 Å². The van der Waals surface area contributed by atoms with Crippen LogP contribution >= 0.6 is 0 Å². The molecule has 0 spiro atoms. The van der Waals surface area contributed by atoms with Crippen LogP contribution in [0.25, 0.3) is 0 Å². The van der Waals surface area contributed by atoms with Crippen LogP contribution in [0.3, 0.4) is 0 Å². The van der Waals surface area contributed by atoms with Crippen LogP contribution in [0.5, 0.6) is 0 Å². The lowest BCUT2D eigenvalue weighted by molar-refractivity contribution is -0.124. The molecule has 5 heteroatoms. The Morgan fingerprint density at radius 2 is 1.96 bits per heavy atom. The first kappa shape index (κ1) is 19.7. The van der Waals surface area contributed by atoms with Gasteiger partial charge >= 0.3 is 0 Å². The third-order valence-corrected chi connectivity index (χ3v) is 4.90. The maximum atomic E-state index is 11.8. The van der Waals surface area contributed by atoms with Gasteiger partial charge in [-0.15, -0.1) is 0 Å². The number of carbonyl (C=O) groups excluding carboxylic acids is 1. The van der Waals surface area contributed by atoms with Crippen LogP contribution in [0.2, 0.25) is 0 Å². The summed E-state index contributed by atoms with van der Waals surface area (Å²) in [7, 11) is 1.88. The molecular weight excluding hydrogens is 312 g/mol. The fourth-order valence-electron chi connectivity index (χ4n) is 3.30. The second-order valence-corrected chi connectivity index (χ2v) is 7.12. The standard InChI is InChI=1S/C20H34N4O/c1-17-7-6-8-19(15-17)24-13-11-23(12-14-24)10-5-4-9-22-20(25)18(2)16-21-3/h6-8,15,18,21H,4-5,9-14,16H2,1-3H3,(H,22,25). The molecule has 1 aromatic carbocycles. The second-order valence-electron chi connectivity index (χ2n) is 7.12. The van der Waals surface area contributed by atoms with Crippen LogP contribution in [-0.2, 0) is 4.79 Å². The molecule has 0 aliphatic carbocycles. The first-order chi connectivity index (χ1) is 12.1. The number of benzene rings is 1. The molecule has 1 amide bonds. The Balaban J connectivity index is 1.57. The monoisotopic (exact) mass is 346 g/mol. The zero-order valence-electron chi connectivity index (χ0n) is 16.1. The van der Waals surface area contributed by atoms with Gasteiger partial charge in [-0.25, -0.2) is 0 Å². The van der Waals surface area contributed by atoms with Crippen molar-refractivity contribution in [2.45, 2.75) is 26.7 Å². The van der Waals surface area contributed by atoms with Crippen LogP contribution in [-0.4, -0.2) is 63.7 Å². The molecule has 0 saturated carbocycles. The molecule has 140 valence electrons. The summed E-state index contributed by atoms with van der Waals surface area (Å²) in [6.07, 6.45) is 2.20. The van der Waals surface area contributed by atoms with Gasteiger partial charge in [0.15, 0.2) is 0 Å². The van der Waals surface area contributed by atoms with Crippen LogP contribution in [0, 0.1) is 12.8 Å². The van der Waals surface area contributed by atoms with E-state index in [0.29, 0.717) is 0 Å². The summed E-state index contributed by atoms with van der Waals surface area (Å²) < 4.78 is 0. The van der Waals surface area contributed by atoms with Gasteiger partial charge in [-0.1, -0.05) is 19.1 Å². The molecule has 1 aromatic rings. The van der Waals surface area contributed by atoms with Crippen molar-refractivity contribution in [2.75, 3.05) is 57.8 Å². The highest BCUT2D eigenvalue weighted by atomic mass is 16.1. The van der Waals surface area contributed by atoms with Gasteiger partial charge in [0.2, 0.25) is 5.91 Å². The maximum Gasteiger partial charge on any atom is 0.224 e. The van der Waals surface area contributed by atoms with Gasteiger partial charge in [-0.3, -0.25) is 9.69 Å². The number of nitrogens with zero attached hydrogens (tertiary/aromatic N) is 2. The number of hydrogen-bond acceptors (Lipinski definition) is 4. The zero-order chi connectivity index (χ0) is 18.1. The zero-order valence-corrected chi connectivity index (χ0v) is 16.1. The highest BCUT2D eigenvalue weighted by molar-refractivity contribution is 5.78. The minimum atomic E-state index is 0.0414. The molecular formula is C20H34N4O. The average Bonchev–Trinajstić information content (AvgIpc) is 2.62. The molecule has 1 saturated heterocycles. The molecule has 1 aliphatic rings. The molecule has 1 heterocycles. The Bertz CT molecular complexity index is 526. The van der Waals surface area contributed by atoms with Crippen molar-refractivity contribution in [1.29, 1.82) is 0 Å². The molecule has 1 unspecified atom stereocenters. The average molecular weight is 347 g/mol. The molecule has 0 radical (unpaired) electrons. The fraction of sp³-hybridized carbons (Fsp3) is 0.650. The topological polar surface area (TPSA) is 47.6 Å². The Kier molecular flexibility index (Phi) is 8.22. The van der Waals surface area contributed by atoms with Gasteiger partial charge in [0.25, 0.3) is 0 Å². The molecule has 5 nitrogen and oxygen atoms in total. The van der Waals surface area contributed by atoms with E-state index < -0.39 is 0 Å². The molecule has 1 aliphatic heterocycles. The summed E-state index contributed by atoms with van der Waals surface area (Å²) in [5.41, 5.74) is 2.67. The number of anilines is 1. The van der Waals surface area contributed by atoms with Gasteiger partial charge in [0.05, 0.1) is 0 Å². The number of hydrogen-bond donors (Lipinski definition) is 2. The van der Waals surface area contributed by atoms with Crippen LogP contribution in [0.15, 0.2) is 24.3 Å². The molecule has 25 heavy (non-hydrogen) atoms. The Hall–Kier alpha value is -1.59. The van der Waals surface area contributed by atoms with Crippen molar-refractivity contribution in [1.82, 2.24) is 15.5 Å². The van der Waals surface area contributed by atoms with E-state index >= 15 is 0 Å². The van der Waals surface area contributed by atoms with E-state index in [2.05, 4.69) is 51.6 Å². The number of piperazine rings is 1. The number of carbonyl (C=O) groups is 1. The van der Waals surface area contributed by atoms with E-state index in [4.69, 9.17) is 0 Å². The summed E-state index contributed by atoms with van der Waals surface area (Å²) in [5.74, 6) is 0.195. The highest BCUT2D eigenvalue weighted by Crippen LogP contribution is 2.17. The van der Waals surface area contributed by atoms with Gasteiger partial charge in [-0.2, -0.15) is 0 Å². The van der Waals surface area contributed by atoms with Gasteiger partial charge in [0.1, 0.15) is 0 Å². The smallest absolute Gasteiger partial charge is 0.224 e. The lowest BCUT2D eigenvalue weighted by Crippen LogP contribution is -2.46. The van der Waals surface area contributed by atoms with E-state index in [-0.39, 0.29) is 11.8 Å². The van der Waals surface area contributed by atoms with Crippen molar-refractivity contribution in [3.63, 3.8) is 0 Å². The van der Waals surface area contributed by atoms with E-state index in [0.717, 1.165) is 58.7 Å². The van der Waals surface area contributed by atoms with Gasteiger partial charge in [-0.05, 0) is 51.1 Å². The SMILES string of the molecule is CNCC(C)C(=O)NCCCCN1CCN(c2cccc(C)c2)CC1. The second kappa shape index (κ2) is 10.4. The third-order valence-electron chi connectivity index (χ3n) is 4.90. The molecule has 0 bridgehead atoms. The van der Waals surface area contributed by atoms with E-state index in [1.165, 1.54) is 11.3 Å². The quantitative estimate of drug-likeness (QED) is 0.670. The predicted octanol–water partition coefficient (Wildman–Crippen LogP) is 1.87. The summed E-state index contributed by atoms with van der Waals surface area (Å²) in [4.78, 5) is 16.8. The first-order valence-corrected chi connectivity index (χ1v) is 9.56. The van der Waals surface area contributed by atoms with Crippen LogP contribution in [0.4, 0.5) is 5.69 Å². The van der Waals surface area contributed by atoms with Gasteiger partial charge in [0, 0.05) is 50.9 Å². The van der Waals surface area contributed by atoms with Gasteiger partial charge < -0.3 is 15.5 Å². The Labute approximate surface area is 152 Å². The minimum absolute atomic E-state index is 0.0414. The normalized spacial score (nSPS) is 16.7.